The molecule has 190 valence electrons. The molecule has 0 bridgehead atoms. The Balaban J connectivity index is 0.000000430. The first-order valence-electron chi connectivity index (χ1n) is 13.9. The van der Waals surface area contributed by atoms with Gasteiger partial charge in [-0.25, -0.2) is 9.07 Å². The second kappa shape index (κ2) is 11.7. The largest absolute Gasteiger partial charge is 0.381 e. The van der Waals surface area contributed by atoms with Gasteiger partial charge in [-0.3, -0.25) is 0 Å². The number of aromatic nitrogens is 2. The van der Waals surface area contributed by atoms with Crippen molar-refractivity contribution in [3.63, 3.8) is 0 Å². The lowest BCUT2D eigenvalue weighted by Gasteiger charge is -2.46. The van der Waals surface area contributed by atoms with Gasteiger partial charge in [0.15, 0.2) is 0 Å². The summed E-state index contributed by atoms with van der Waals surface area (Å²) in [5, 5.41) is 5.82. The van der Waals surface area contributed by atoms with E-state index in [1.54, 1.807) is 17.7 Å². The number of benzene rings is 2. The second-order valence-electron chi connectivity index (χ2n) is 10.2. The minimum Gasteiger partial charge on any atom is -0.381 e. The maximum atomic E-state index is 13.4. The molecule has 0 aliphatic heterocycles. The van der Waals surface area contributed by atoms with Crippen LogP contribution in [0.5, 0.6) is 0 Å². The number of rotatable bonds is 3. The maximum absolute atomic E-state index is 13.4. The van der Waals surface area contributed by atoms with Gasteiger partial charge in [0.25, 0.3) is 0 Å². The summed E-state index contributed by atoms with van der Waals surface area (Å²) in [6, 6.07) is 11.3. The van der Waals surface area contributed by atoms with E-state index < -0.39 is 0 Å². The molecule has 2 saturated carbocycles. The number of ether oxygens (including phenoxy) is 1. The standard InChI is InChI=1S/C25H29FN2O.C4H8.C2H6/c1-3-25-12-11-22(29-2)15-19(25)6-4-5-17-14-24-18(13-23(17)25)16-27-28(24)21-9-7-20(26)8-10-21;1-2-4-3-1;1-2/h7-10,13-14,16,19,22H,3-6,11-12,15H2,1-2H3;1-4H2;1-2H3. The van der Waals surface area contributed by atoms with Crippen LogP contribution in [0.15, 0.2) is 42.6 Å². The quantitative estimate of drug-likeness (QED) is 0.377. The molecular formula is C31H43FN2O. The zero-order valence-corrected chi connectivity index (χ0v) is 22.2. The molecule has 3 aromatic rings. The molecule has 3 unspecified atom stereocenters. The zero-order valence-electron chi connectivity index (χ0n) is 22.2. The summed E-state index contributed by atoms with van der Waals surface area (Å²) in [5.41, 5.74) is 5.29. The van der Waals surface area contributed by atoms with Gasteiger partial charge in [-0.2, -0.15) is 5.10 Å². The van der Waals surface area contributed by atoms with Crippen LogP contribution in [0.4, 0.5) is 4.39 Å². The highest BCUT2D eigenvalue weighted by Gasteiger charge is 2.45. The number of hydrogen-bond acceptors (Lipinski definition) is 2. The molecule has 4 heteroatoms. The molecule has 1 aromatic heterocycles. The highest BCUT2D eigenvalue weighted by molar-refractivity contribution is 5.82. The fraction of sp³-hybridized carbons (Fsp3) is 0.581. The molecule has 0 amide bonds. The summed E-state index contributed by atoms with van der Waals surface area (Å²) in [7, 11) is 1.86. The van der Waals surface area contributed by atoms with Gasteiger partial charge in [-0.15, -0.1) is 0 Å². The Hall–Kier alpha value is -2.20. The third-order valence-corrected chi connectivity index (χ3v) is 8.60. The lowest BCUT2D eigenvalue weighted by Crippen LogP contribution is -2.42. The molecule has 2 fully saturated rings. The molecule has 0 saturated heterocycles. The van der Waals surface area contributed by atoms with Gasteiger partial charge in [-0.05, 0) is 104 Å². The van der Waals surface area contributed by atoms with Crippen molar-refractivity contribution in [2.75, 3.05) is 7.11 Å². The van der Waals surface area contributed by atoms with Crippen LogP contribution in [0.3, 0.4) is 0 Å². The predicted octanol–water partition coefficient (Wildman–Crippen LogP) is 8.55. The maximum Gasteiger partial charge on any atom is 0.123 e. The first kappa shape index (κ1) is 25.9. The number of halogens is 1. The summed E-state index contributed by atoms with van der Waals surface area (Å²) in [4.78, 5) is 0. The summed E-state index contributed by atoms with van der Waals surface area (Å²) in [6.45, 7) is 6.36. The van der Waals surface area contributed by atoms with Crippen molar-refractivity contribution in [3.8, 4) is 5.69 Å². The molecule has 3 atom stereocenters. The number of nitrogens with zero attached hydrogens (tertiary/aromatic N) is 2. The van der Waals surface area contributed by atoms with E-state index in [-0.39, 0.29) is 11.2 Å². The van der Waals surface area contributed by atoms with Crippen LogP contribution in [-0.4, -0.2) is 23.0 Å². The Kier molecular flexibility index (Phi) is 8.64. The predicted molar refractivity (Wildman–Crippen MR) is 144 cm³/mol. The van der Waals surface area contributed by atoms with E-state index in [1.807, 2.05) is 31.8 Å². The molecule has 3 aliphatic carbocycles. The van der Waals surface area contributed by atoms with Gasteiger partial charge < -0.3 is 4.74 Å². The summed E-state index contributed by atoms with van der Waals surface area (Å²) in [6.07, 6.45) is 16.7. The van der Waals surface area contributed by atoms with Crippen molar-refractivity contribution in [2.24, 2.45) is 5.92 Å². The third-order valence-electron chi connectivity index (χ3n) is 8.60. The van der Waals surface area contributed by atoms with E-state index >= 15 is 0 Å². The van der Waals surface area contributed by atoms with Gasteiger partial charge in [0.1, 0.15) is 5.82 Å². The second-order valence-corrected chi connectivity index (χ2v) is 10.2. The Labute approximate surface area is 211 Å². The van der Waals surface area contributed by atoms with E-state index in [0.717, 1.165) is 24.0 Å². The Morgan fingerprint density at radius 1 is 1.03 bits per heavy atom. The van der Waals surface area contributed by atoms with Gasteiger partial charge in [0.05, 0.1) is 23.5 Å². The fourth-order valence-corrected chi connectivity index (χ4v) is 6.27. The van der Waals surface area contributed by atoms with Crippen molar-refractivity contribution < 1.29 is 9.13 Å². The zero-order chi connectivity index (χ0) is 24.8. The Morgan fingerprint density at radius 3 is 2.37 bits per heavy atom. The highest BCUT2D eigenvalue weighted by atomic mass is 19.1. The first-order chi connectivity index (χ1) is 17.1. The van der Waals surface area contributed by atoms with Crippen LogP contribution in [0, 0.1) is 11.7 Å². The molecule has 35 heavy (non-hydrogen) atoms. The van der Waals surface area contributed by atoms with Crippen molar-refractivity contribution >= 4 is 10.9 Å². The van der Waals surface area contributed by atoms with Crippen LogP contribution in [0.1, 0.15) is 96.1 Å². The SMILES string of the molecule is C1CCC1.CC.CCC12CCC(OC)CC1CCCc1cc3c(cnn3-c3ccc(F)cc3)cc12. The molecule has 3 aliphatic rings. The van der Waals surface area contributed by atoms with Gasteiger partial charge in [0, 0.05) is 12.5 Å². The molecule has 6 rings (SSSR count). The van der Waals surface area contributed by atoms with Gasteiger partial charge in [0.2, 0.25) is 0 Å². The average molecular weight is 479 g/mol. The topological polar surface area (TPSA) is 27.1 Å². The highest BCUT2D eigenvalue weighted by Crippen LogP contribution is 2.52. The summed E-state index contributed by atoms with van der Waals surface area (Å²) >= 11 is 0. The number of methoxy groups -OCH3 is 1. The smallest absolute Gasteiger partial charge is 0.123 e. The Bertz CT molecular complexity index is 1080. The van der Waals surface area contributed by atoms with Crippen LogP contribution < -0.4 is 0 Å². The third kappa shape index (κ3) is 5.18. The van der Waals surface area contributed by atoms with Gasteiger partial charge in [-0.1, -0.05) is 46.5 Å². The summed E-state index contributed by atoms with van der Waals surface area (Å²) < 4.78 is 21.1. The lowest BCUT2D eigenvalue weighted by molar-refractivity contribution is 0.0122. The number of aryl methyl sites for hydroxylation is 1. The molecule has 1 heterocycles. The molecule has 2 aromatic carbocycles. The molecule has 3 nitrogen and oxygen atoms in total. The van der Waals surface area contributed by atoms with Crippen LogP contribution in [0.2, 0.25) is 0 Å². The van der Waals surface area contributed by atoms with E-state index in [9.17, 15) is 4.39 Å². The van der Waals surface area contributed by atoms with Crippen LogP contribution >= 0.6 is 0 Å². The van der Waals surface area contributed by atoms with E-state index in [2.05, 4.69) is 24.2 Å². The van der Waals surface area contributed by atoms with E-state index in [0.29, 0.717) is 12.0 Å². The van der Waals surface area contributed by atoms with Crippen LogP contribution in [-0.2, 0) is 16.6 Å². The minimum absolute atomic E-state index is 0.221. The molecule has 0 N–H and O–H groups in total. The molecular weight excluding hydrogens is 435 g/mol. The fourth-order valence-electron chi connectivity index (χ4n) is 6.27. The average Bonchev–Trinajstić information content (AvgIpc) is 3.19. The van der Waals surface area contributed by atoms with Gasteiger partial charge >= 0.3 is 0 Å². The van der Waals surface area contributed by atoms with Crippen molar-refractivity contribution in [2.45, 2.75) is 103 Å². The van der Waals surface area contributed by atoms with Crippen molar-refractivity contribution in [1.29, 1.82) is 0 Å². The first-order valence-corrected chi connectivity index (χ1v) is 13.9. The normalized spacial score (nSPS) is 25.1. The van der Waals surface area contributed by atoms with Crippen LogP contribution in [0.25, 0.3) is 16.6 Å². The lowest BCUT2D eigenvalue weighted by atomic mass is 9.59. The molecule has 0 radical (unpaired) electrons. The number of hydrogen-bond donors (Lipinski definition) is 0. The van der Waals surface area contributed by atoms with Crippen molar-refractivity contribution in [1.82, 2.24) is 9.78 Å². The van der Waals surface area contributed by atoms with Crippen molar-refractivity contribution in [3.05, 3.63) is 59.5 Å². The monoisotopic (exact) mass is 478 g/mol. The van der Waals surface area contributed by atoms with E-state index in [4.69, 9.17) is 4.74 Å². The minimum atomic E-state index is -0.221. The number of fused-ring (bicyclic) bond motifs is 4. The Morgan fingerprint density at radius 2 is 1.74 bits per heavy atom. The van der Waals surface area contributed by atoms with E-state index in [1.165, 1.54) is 80.9 Å². The molecule has 0 spiro atoms. The summed E-state index contributed by atoms with van der Waals surface area (Å²) in [5.74, 6) is 0.471.